The van der Waals surface area contributed by atoms with Crippen LogP contribution in [0.1, 0.15) is 36.0 Å². The highest BCUT2D eigenvalue weighted by Gasteiger charge is 2.52. The van der Waals surface area contributed by atoms with Crippen LogP contribution in [0.2, 0.25) is 0 Å². The molecule has 6 nitrogen and oxygen atoms in total. The quantitative estimate of drug-likeness (QED) is 0.916. The lowest BCUT2D eigenvalue weighted by Crippen LogP contribution is -2.61. The van der Waals surface area contributed by atoms with Crippen LogP contribution in [-0.2, 0) is 9.53 Å². The summed E-state index contributed by atoms with van der Waals surface area (Å²) in [6.45, 7) is 2.51. The van der Waals surface area contributed by atoms with Crippen molar-refractivity contribution in [2.75, 3.05) is 33.4 Å². The van der Waals surface area contributed by atoms with Crippen molar-refractivity contribution in [3.63, 3.8) is 0 Å². The van der Waals surface area contributed by atoms with E-state index in [9.17, 15) is 9.59 Å². The number of likely N-dealkylation sites (tertiary alicyclic amines) is 2. The molecule has 2 aliphatic heterocycles. The summed E-state index contributed by atoms with van der Waals surface area (Å²) in [4.78, 5) is 33.5. The van der Waals surface area contributed by atoms with E-state index < -0.39 is 5.54 Å². The van der Waals surface area contributed by atoms with E-state index in [1.54, 1.807) is 13.3 Å². The Kier molecular flexibility index (Phi) is 4.44. The van der Waals surface area contributed by atoms with Gasteiger partial charge in [-0.15, -0.1) is 0 Å². The van der Waals surface area contributed by atoms with Crippen LogP contribution in [-0.4, -0.2) is 65.5 Å². The van der Waals surface area contributed by atoms with Crippen molar-refractivity contribution < 1.29 is 14.3 Å². The predicted molar refractivity (Wildman–Crippen MR) is 99.0 cm³/mol. The average Bonchev–Trinajstić information content (AvgIpc) is 3.27. The van der Waals surface area contributed by atoms with E-state index in [0.29, 0.717) is 25.3 Å². The van der Waals surface area contributed by atoms with E-state index in [1.807, 2.05) is 34.1 Å². The number of nitrogens with zero attached hydrogens (tertiary/aromatic N) is 2. The molecule has 138 valence electrons. The second-order valence-corrected chi connectivity index (χ2v) is 7.23. The van der Waals surface area contributed by atoms with Crippen molar-refractivity contribution in [2.24, 2.45) is 0 Å². The molecule has 0 aliphatic carbocycles. The summed E-state index contributed by atoms with van der Waals surface area (Å²) >= 11 is 0. The van der Waals surface area contributed by atoms with Gasteiger partial charge in [0.25, 0.3) is 5.91 Å². The van der Waals surface area contributed by atoms with E-state index in [4.69, 9.17) is 4.74 Å². The van der Waals surface area contributed by atoms with Crippen molar-refractivity contribution in [1.82, 2.24) is 14.8 Å². The lowest BCUT2D eigenvalue weighted by atomic mass is 9.85. The molecule has 0 bridgehead atoms. The second kappa shape index (κ2) is 6.76. The zero-order valence-electron chi connectivity index (χ0n) is 15.2. The van der Waals surface area contributed by atoms with E-state index >= 15 is 0 Å². The average molecular weight is 355 g/mol. The Bertz CT molecular complexity index is 831. The third kappa shape index (κ3) is 2.60. The number of methoxy groups -OCH3 is 1. The fourth-order valence-electron chi connectivity index (χ4n) is 4.53. The van der Waals surface area contributed by atoms with E-state index in [-0.39, 0.29) is 11.8 Å². The number of piperidine rings is 1. The number of H-pyrrole nitrogens is 1. The van der Waals surface area contributed by atoms with Crippen LogP contribution in [0, 0.1) is 0 Å². The number of carbonyl (C=O) groups is 2. The maximum Gasteiger partial charge on any atom is 0.256 e. The summed E-state index contributed by atoms with van der Waals surface area (Å²) in [5, 5.41) is 0.916. The summed E-state index contributed by atoms with van der Waals surface area (Å²) < 4.78 is 5.15. The Morgan fingerprint density at radius 2 is 2.00 bits per heavy atom. The number of carbonyl (C=O) groups excluding carboxylic acids is 2. The molecule has 2 aliphatic rings. The molecule has 0 saturated carbocycles. The Morgan fingerprint density at radius 1 is 1.23 bits per heavy atom. The van der Waals surface area contributed by atoms with Crippen LogP contribution >= 0.6 is 0 Å². The highest BCUT2D eigenvalue weighted by Crippen LogP contribution is 2.39. The van der Waals surface area contributed by atoms with Crippen molar-refractivity contribution in [2.45, 2.75) is 31.2 Å². The monoisotopic (exact) mass is 355 g/mol. The number of amides is 2. The van der Waals surface area contributed by atoms with Gasteiger partial charge in [0.15, 0.2) is 0 Å². The van der Waals surface area contributed by atoms with Gasteiger partial charge in [0.2, 0.25) is 5.91 Å². The third-order valence-electron chi connectivity index (χ3n) is 5.82. The third-order valence-corrected chi connectivity index (χ3v) is 5.82. The summed E-state index contributed by atoms with van der Waals surface area (Å²) in [7, 11) is 1.65. The van der Waals surface area contributed by atoms with Crippen molar-refractivity contribution in [3.8, 4) is 0 Å². The van der Waals surface area contributed by atoms with Crippen molar-refractivity contribution >= 4 is 22.7 Å². The summed E-state index contributed by atoms with van der Waals surface area (Å²) in [5.74, 6) is 0.0494. The number of aromatic amines is 1. The van der Waals surface area contributed by atoms with Gasteiger partial charge in [0.1, 0.15) is 5.54 Å². The normalized spacial score (nSPS) is 23.3. The predicted octanol–water partition coefficient (Wildman–Crippen LogP) is 2.41. The number of rotatable bonds is 4. The Hall–Kier alpha value is -2.34. The van der Waals surface area contributed by atoms with Gasteiger partial charge in [0, 0.05) is 43.8 Å². The van der Waals surface area contributed by atoms with Gasteiger partial charge in [-0.2, -0.15) is 0 Å². The topological polar surface area (TPSA) is 65.6 Å². The Labute approximate surface area is 153 Å². The number of benzene rings is 1. The molecule has 1 aromatic carbocycles. The lowest BCUT2D eigenvalue weighted by molar-refractivity contribution is -0.146. The van der Waals surface area contributed by atoms with Gasteiger partial charge in [0.05, 0.1) is 12.2 Å². The Balaban J connectivity index is 1.65. The first kappa shape index (κ1) is 17.1. The molecule has 1 atom stereocenters. The maximum atomic E-state index is 13.4. The molecule has 26 heavy (non-hydrogen) atoms. The minimum absolute atomic E-state index is 0.0399. The van der Waals surface area contributed by atoms with Crippen molar-refractivity contribution in [3.05, 3.63) is 36.0 Å². The van der Waals surface area contributed by atoms with Crippen LogP contribution in [0.15, 0.2) is 30.5 Å². The molecule has 2 aromatic rings. The number of hydrogen-bond donors (Lipinski definition) is 1. The molecule has 2 saturated heterocycles. The van der Waals surface area contributed by atoms with E-state index in [0.717, 1.165) is 43.1 Å². The molecule has 1 unspecified atom stereocenters. The number of aromatic nitrogens is 1. The van der Waals surface area contributed by atoms with Gasteiger partial charge in [-0.3, -0.25) is 9.59 Å². The minimum Gasteiger partial charge on any atom is -0.383 e. The van der Waals surface area contributed by atoms with E-state index in [2.05, 4.69) is 4.98 Å². The highest BCUT2D eigenvalue weighted by molar-refractivity contribution is 6.08. The second-order valence-electron chi connectivity index (χ2n) is 7.23. The van der Waals surface area contributed by atoms with Crippen molar-refractivity contribution in [1.29, 1.82) is 0 Å². The molecule has 4 rings (SSSR count). The molecule has 6 heteroatoms. The Morgan fingerprint density at radius 3 is 2.81 bits per heavy atom. The van der Waals surface area contributed by atoms with Gasteiger partial charge < -0.3 is 19.5 Å². The van der Waals surface area contributed by atoms with Crippen LogP contribution in [0.5, 0.6) is 0 Å². The zero-order valence-corrected chi connectivity index (χ0v) is 15.2. The summed E-state index contributed by atoms with van der Waals surface area (Å²) in [6, 6.07) is 7.80. The fraction of sp³-hybridized carbons (Fsp3) is 0.500. The molecule has 2 fully saturated rings. The number of ether oxygens (including phenoxy) is 1. The summed E-state index contributed by atoms with van der Waals surface area (Å²) in [5.41, 5.74) is 0.922. The highest BCUT2D eigenvalue weighted by atomic mass is 16.5. The lowest BCUT2D eigenvalue weighted by Gasteiger charge is -2.44. The standard InChI is InChI=1S/C20H25N3O3/c1-26-13-12-22-10-4-8-20(19(22)25)9-5-11-23(20)18(24)16-14-21-17-7-3-2-6-15(16)17/h2-3,6-7,14,21H,4-5,8-13H2,1H3. The fourth-order valence-corrected chi connectivity index (χ4v) is 4.53. The zero-order chi connectivity index (χ0) is 18.1. The SMILES string of the molecule is COCCN1CCCC2(CCCN2C(=O)c2c[nH]c3ccccc23)C1=O. The number of nitrogens with one attached hydrogen (secondary N) is 1. The first-order valence-corrected chi connectivity index (χ1v) is 9.34. The molecular formula is C20H25N3O3. The molecule has 1 spiro atoms. The first-order chi connectivity index (χ1) is 12.7. The van der Waals surface area contributed by atoms with Crippen LogP contribution < -0.4 is 0 Å². The molecular weight excluding hydrogens is 330 g/mol. The number of para-hydroxylation sites is 1. The van der Waals surface area contributed by atoms with Gasteiger partial charge >= 0.3 is 0 Å². The van der Waals surface area contributed by atoms with Crippen LogP contribution in [0.3, 0.4) is 0 Å². The van der Waals surface area contributed by atoms with Crippen LogP contribution in [0.4, 0.5) is 0 Å². The smallest absolute Gasteiger partial charge is 0.256 e. The maximum absolute atomic E-state index is 13.4. The van der Waals surface area contributed by atoms with E-state index in [1.165, 1.54) is 0 Å². The molecule has 2 amide bonds. The summed E-state index contributed by atoms with van der Waals surface area (Å²) in [6.07, 6.45) is 5.08. The van der Waals surface area contributed by atoms with Gasteiger partial charge in [-0.1, -0.05) is 18.2 Å². The van der Waals surface area contributed by atoms with Gasteiger partial charge in [-0.25, -0.2) is 0 Å². The van der Waals surface area contributed by atoms with Gasteiger partial charge in [-0.05, 0) is 31.7 Å². The molecule has 1 N–H and O–H groups in total. The number of hydrogen-bond acceptors (Lipinski definition) is 3. The molecule has 1 aromatic heterocycles. The first-order valence-electron chi connectivity index (χ1n) is 9.34. The van der Waals surface area contributed by atoms with Crippen LogP contribution in [0.25, 0.3) is 10.9 Å². The minimum atomic E-state index is -0.679. The molecule has 0 radical (unpaired) electrons. The largest absolute Gasteiger partial charge is 0.383 e. The molecule has 3 heterocycles. The number of fused-ring (bicyclic) bond motifs is 1.